The average Bonchev–Trinajstić information content (AvgIpc) is 3.36. The number of anilines is 3. The van der Waals surface area contributed by atoms with Crippen LogP contribution >= 0.6 is 0 Å². The summed E-state index contributed by atoms with van der Waals surface area (Å²) in [5.74, 6) is 1.32. The predicted molar refractivity (Wildman–Crippen MR) is 131 cm³/mol. The average molecular weight is 442 g/mol. The maximum Gasteiger partial charge on any atom is 0.227 e. The number of piperazine rings is 1. The number of likely N-dealkylation sites (N-methyl/N-ethyl adjacent to an activating group) is 1. The van der Waals surface area contributed by atoms with Crippen molar-refractivity contribution in [1.82, 2.24) is 25.1 Å². The van der Waals surface area contributed by atoms with Gasteiger partial charge in [-0.15, -0.1) is 0 Å². The summed E-state index contributed by atoms with van der Waals surface area (Å²) in [6.45, 7) is 4.28. The van der Waals surface area contributed by atoms with Gasteiger partial charge in [-0.1, -0.05) is 12.1 Å². The molecule has 5 rings (SSSR count). The maximum absolute atomic E-state index is 5.36. The molecule has 0 saturated carbocycles. The molecule has 1 fully saturated rings. The minimum Gasteiger partial charge on any atom is -0.497 e. The number of H-pyrrole nitrogens is 1. The lowest BCUT2D eigenvalue weighted by Crippen LogP contribution is -2.44. The van der Waals surface area contributed by atoms with Crippen molar-refractivity contribution < 1.29 is 4.74 Å². The Kier molecular flexibility index (Phi) is 5.91. The van der Waals surface area contributed by atoms with Gasteiger partial charge in [0.25, 0.3) is 0 Å². The summed E-state index contributed by atoms with van der Waals surface area (Å²) in [6, 6.07) is 18.2. The van der Waals surface area contributed by atoms with Crippen molar-refractivity contribution in [3.05, 3.63) is 67.0 Å². The molecule has 2 aromatic heterocycles. The number of benzene rings is 2. The fourth-order valence-corrected chi connectivity index (χ4v) is 3.99. The van der Waals surface area contributed by atoms with Gasteiger partial charge in [0, 0.05) is 61.1 Å². The fraction of sp³-hybridized carbons (Fsp3) is 0.240. The van der Waals surface area contributed by atoms with E-state index in [9.17, 15) is 0 Å². The molecule has 8 nitrogen and oxygen atoms in total. The number of rotatable bonds is 6. The molecule has 0 unspecified atom stereocenters. The first-order valence-electron chi connectivity index (χ1n) is 11.0. The van der Waals surface area contributed by atoms with Gasteiger partial charge < -0.3 is 19.9 Å². The van der Waals surface area contributed by atoms with E-state index < -0.39 is 0 Å². The maximum atomic E-state index is 5.36. The lowest BCUT2D eigenvalue weighted by Gasteiger charge is -2.34. The van der Waals surface area contributed by atoms with Crippen molar-refractivity contribution >= 4 is 17.3 Å². The van der Waals surface area contributed by atoms with Gasteiger partial charge in [0.15, 0.2) is 0 Å². The molecule has 0 aliphatic carbocycles. The Hall–Kier alpha value is -3.91. The first kappa shape index (κ1) is 21.0. The number of nitrogens with one attached hydrogen (secondary N) is 2. The number of hydrogen-bond acceptors (Lipinski definition) is 7. The largest absolute Gasteiger partial charge is 0.497 e. The Bertz CT molecular complexity index is 1210. The van der Waals surface area contributed by atoms with Crippen LogP contribution in [0.15, 0.2) is 67.0 Å². The van der Waals surface area contributed by atoms with Crippen molar-refractivity contribution in [3.8, 4) is 28.3 Å². The second kappa shape index (κ2) is 9.30. The van der Waals surface area contributed by atoms with E-state index >= 15 is 0 Å². The van der Waals surface area contributed by atoms with Crippen LogP contribution in [0.25, 0.3) is 22.5 Å². The van der Waals surface area contributed by atoms with Crippen molar-refractivity contribution in [2.75, 3.05) is 50.6 Å². The smallest absolute Gasteiger partial charge is 0.227 e. The van der Waals surface area contributed by atoms with Gasteiger partial charge in [-0.05, 0) is 49.5 Å². The zero-order chi connectivity index (χ0) is 22.6. The Morgan fingerprint density at radius 1 is 1.00 bits per heavy atom. The normalized spacial score (nSPS) is 14.3. The lowest BCUT2D eigenvalue weighted by atomic mass is 10.1. The molecule has 168 valence electrons. The highest BCUT2D eigenvalue weighted by atomic mass is 16.5. The van der Waals surface area contributed by atoms with Gasteiger partial charge >= 0.3 is 0 Å². The summed E-state index contributed by atoms with van der Waals surface area (Å²) in [5, 5.41) is 10.7. The zero-order valence-electron chi connectivity index (χ0n) is 18.8. The highest BCUT2D eigenvalue weighted by Crippen LogP contribution is 2.31. The molecule has 0 spiro atoms. The van der Waals surface area contributed by atoms with Crippen LogP contribution in [0.3, 0.4) is 0 Å². The third-order valence-corrected chi connectivity index (χ3v) is 5.91. The molecular weight excluding hydrogens is 414 g/mol. The second-order valence-corrected chi connectivity index (χ2v) is 8.11. The standard InChI is InChI=1S/C25H27N7O/c1-31-12-14-32(15-13-31)20-8-6-19(7-9-20)28-25-26-11-10-23(29-25)22-17-27-30-24(22)18-4-3-5-21(16-18)33-2/h3-11,16-17H,12-15H2,1-2H3,(H,27,30)(H,26,28,29). The first-order valence-corrected chi connectivity index (χ1v) is 11.0. The quantitative estimate of drug-likeness (QED) is 0.467. The zero-order valence-corrected chi connectivity index (χ0v) is 18.8. The molecule has 1 aliphatic heterocycles. The third-order valence-electron chi connectivity index (χ3n) is 5.91. The molecule has 0 radical (unpaired) electrons. The highest BCUT2D eigenvalue weighted by Gasteiger charge is 2.15. The Morgan fingerprint density at radius 2 is 1.82 bits per heavy atom. The van der Waals surface area contributed by atoms with Crippen LogP contribution in [0.5, 0.6) is 5.75 Å². The van der Waals surface area contributed by atoms with Crippen molar-refractivity contribution in [2.24, 2.45) is 0 Å². The Morgan fingerprint density at radius 3 is 2.61 bits per heavy atom. The van der Waals surface area contributed by atoms with Crippen LogP contribution in [0.4, 0.5) is 17.3 Å². The lowest BCUT2D eigenvalue weighted by molar-refractivity contribution is 0.313. The highest BCUT2D eigenvalue weighted by molar-refractivity contribution is 5.79. The Labute approximate surface area is 193 Å². The van der Waals surface area contributed by atoms with Crippen LogP contribution < -0.4 is 15.0 Å². The molecule has 0 amide bonds. The number of ether oxygens (including phenoxy) is 1. The van der Waals surface area contributed by atoms with Gasteiger partial charge in [-0.25, -0.2) is 9.97 Å². The summed E-state index contributed by atoms with van der Waals surface area (Å²) in [6.07, 6.45) is 3.61. The van der Waals surface area contributed by atoms with Gasteiger partial charge in [-0.2, -0.15) is 5.10 Å². The molecule has 0 atom stereocenters. The predicted octanol–water partition coefficient (Wildman–Crippen LogP) is 4.04. The van der Waals surface area contributed by atoms with E-state index in [1.807, 2.05) is 36.5 Å². The van der Waals surface area contributed by atoms with E-state index in [1.165, 1.54) is 5.69 Å². The molecule has 2 aromatic carbocycles. The van der Waals surface area contributed by atoms with E-state index in [1.54, 1.807) is 13.3 Å². The summed E-state index contributed by atoms with van der Waals surface area (Å²) >= 11 is 0. The number of aromatic nitrogens is 4. The van der Waals surface area contributed by atoms with Crippen LogP contribution in [-0.2, 0) is 0 Å². The molecule has 8 heteroatoms. The van der Waals surface area contributed by atoms with Crippen LogP contribution in [0.1, 0.15) is 0 Å². The van der Waals surface area contributed by atoms with E-state index in [0.29, 0.717) is 5.95 Å². The minimum absolute atomic E-state index is 0.539. The summed E-state index contributed by atoms with van der Waals surface area (Å²) in [5.41, 5.74) is 5.65. The number of aromatic amines is 1. The van der Waals surface area contributed by atoms with Gasteiger partial charge in [0.2, 0.25) is 5.95 Å². The molecule has 2 N–H and O–H groups in total. The molecule has 1 saturated heterocycles. The molecular formula is C25H27N7O. The minimum atomic E-state index is 0.539. The van der Waals surface area contributed by atoms with Crippen LogP contribution in [-0.4, -0.2) is 65.4 Å². The van der Waals surface area contributed by atoms with E-state index in [0.717, 1.165) is 60.1 Å². The van der Waals surface area contributed by atoms with Gasteiger partial charge in [0.05, 0.1) is 12.8 Å². The van der Waals surface area contributed by atoms with Crippen molar-refractivity contribution in [1.29, 1.82) is 0 Å². The molecule has 0 bridgehead atoms. The molecule has 4 aromatic rings. The Balaban J connectivity index is 1.34. The van der Waals surface area contributed by atoms with Crippen LogP contribution in [0.2, 0.25) is 0 Å². The SMILES string of the molecule is COc1cccc(-c2n[nH]cc2-c2ccnc(Nc3ccc(N4CCN(C)CC4)cc3)n2)c1. The van der Waals surface area contributed by atoms with Gasteiger partial charge in [-0.3, -0.25) is 5.10 Å². The summed E-state index contributed by atoms with van der Waals surface area (Å²) in [4.78, 5) is 13.9. The third kappa shape index (κ3) is 4.65. The topological polar surface area (TPSA) is 82.2 Å². The van der Waals surface area contributed by atoms with Crippen molar-refractivity contribution in [2.45, 2.75) is 0 Å². The van der Waals surface area contributed by atoms with E-state index in [2.05, 4.69) is 61.6 Å². The monoisotopic (exact) mass is 441 g/mol. The number of methoxy groups -OCH3 is 1. The van der Waals surface area contributed by atoms with E-state index in [4.69, 9.17) is 9.72 Å². The molecule has 3 heterocycles. The number of hydrogen-bond donors (Lipinski definition) is 2. The molecule has 33 heavy (non-hydrogen) atoms. The first-order chi connectivity index (χ1) is 16.2. The summed E-state index contributed by atoms with van der Waals surface area (Å²) < 4.78 is 5.36. The van der Waals surface area contributed by atoms with Gasteiger partial charge in [0.1, 0.15) is 11.4 Å². The summed E-state index contributed by atoms with van der Waals surface area (Å²) in [7, 11) is 3.83. The van der Waals surface area contributed by atoms with Crippen LogP contribution in [0, 0.1) is 0 Å². The second-order valence-electron chi connectivity index (χ2n) is 8.11. The fourth-order valence-electron chi connectivity index (χ4n) is 3.99. The van der Waals surface area contributed by atoms with E-state index in [-0.39, 0.29) is 0 Å². The number of nitrogens with zero attached hydrogens (tertiary/aromatic N) is 5. The van der Waals surface area contributed by atoms with Crippen molar-refractivity contribution in [3.63, 3.8) is 0 Å². The molecule has 1 aliphatic rings.